The Kier molecular flexibility index (Phi) is 4.72. The maximum Gasteiger partial charge on any atom is 0.253 e. The van der Waals surface area contributed by atoms with Crippen LogP contribution in [0.2, 0.25) is 5.15 Å². The summed E-state index contributed by atoms with van der Waals surface area (Å²) in [5.41, 5.74) is 1.43. The van der Waals surface area contributed by atoms with Gasteiger partial charge in [-0.15, -0.1) is 0 Å². The summed E-state index contributed by atoms with van der Waals surface area (Å²) in [6, 6.07) is 3.45. The molecule has 0 saturated heterocycles. The molecule has 0 fully saturated rings. The van der Waals surface area contributed by atoms with Gasteiger partial charge in [0.1, 0.15) is 5.15 Å². The molecule has 1 aromatic rings. The maximum absolute atomic E-state index is 10.4. The monoisotopic (exact) mass is 241 g/mol. The topological polar surface area (TPSA) is 68.1 Å². The fraction of sp³-hybridized carbons (Fsp3) is 0.300. The van der Waals surface area contributed by atoms with Gasteiger partial charge < -0.3 is 5.32 Å². The first-order chi connectivity index (χ1) is 7.61. The molecule has 0 radical (unpaired) electrons. The van der Waals surface area contributed by atoms with Crippen LogP contribution in [0.4, 0.5) is 0 Å². The number of hydrogen-bond donors (Lipinski definition) is 1. The van der Waals surface area contributed by atoms with E-state index in [2.05, 4.69) is 10.3 Å². The predicted molar refractivity (Wildman–Crippen MR) is 61.7 cm³/mol. The quantitative estimate of drug-likeness (QED) is 0.486. The van der Waals surface area contributed by atoms with Crippen LogP contribution in [0.5, 0.6) is 0 Å². The SMILES string of the molecule is CCN/C(=C\[N+](=O)[O-])Cc1ccc(Cl)nc1. The van der Waals surface area contributed by atoms with Crippen LogP contribution in [0, 0.1) is 10.1 Å². The summed E-state index contributed by atoms with van der Waals surface area (Å²) in [5, 5.41) is 13.7. The molecule has 0 atom stereocenters. The molecule has 0 aliphatic heterocycles. The number of pyridine rings is 1. The van der Waals surface area contributed by atoms with Gasteiger partial charge in [0, 0.05) is 19.2 Å². The van der Waals surface area contributed by atoms with E-state index in [1.165, 1.54) is 0 Å². The Bertz CT molecular complexity index is 390. The van der Waals surface area contributed by atoms with Crippen molar-refractivity contribution in [2.75, 3.05) is 6.54 Å². The van der Waals surface area contributed by atoms with Crippen LogP contribution < -0.4 is 5.32 Å². The summed E-state index contributed by atoms with van der Waals surface area (Å²) in [6.45, 7) is 2.52. The molecule has 0 unspecified atom stereocenters. The minimum absolute atomic E-state index is 0.409. The predicted octanol–water partition coefficient (Wildman–Crippen LogP) is 2.01. The molecule has 1 rings (SSSR count). The Morgan fingerprint density at radius 3 is 2.94 bits per heavy atom. The van der Waals surface area contributed by atoms with Crippen molar-refractivity contribution in [3.63, 3.8) is 0 Å². The van der Waals surface area contributed by atoms with Crippen molar-refractivity contribution in [1.82, 2.24) is 10.3 Å². The molecule has 1 N–H and O–H groups in total. The number of allylic oxidation sites excluding steroid dienone is 1. The lowest BCUT2D eigenvalue weighted by Gasteiger charge is -2.05. The number of nitrogens with zero attached hydrogens (tertiary/aromatic N) is 2. The highest BCUT2D eigenvalue weighted by molar-refractivity contribution is 6.29. The molecule has 0 aromatic carbocycles. The molecule has 0 aliphatic carbocycles. The minimum atomic E-state index is -0.471. The molecule has 0 bridgehead atoms. The molecule has 0 amide bonds. The number of halogens is 1. The summed E-state index contributed by atoms with van der Waals surface area (Å²) in [7, 11) is 0. The van der Waals surface area contributed by atoms with Crippen LogP contribution in [-0.4, -0.2) is 16.5 Å². The van der Waals surface area contributed by atoms with Gasteiger partial charge in [-0.25, -0.2) is 4.98 Å². The third-order valence-electron chi connectivity index (χ3n) is 1.85. The van der Waals surface area contributed by atoms with Crippen molar-refractivity contribution < 1.29 is 4.92 Å². The van der Waals surface area contributed by atoms with Crippen LogP contribution >= 0.6 is 11.6 Å². The van der Waals surface area contributed by atoms with E-state index in [9.17, 15) is 10.1 Å². The number of nitro groups is 1. The molecule has 5 nitrogen and oxygen atoms in total. The molecule has 0 aliphatic rings. The third-order valence-corrected chi connectivity index (χ3v) is 2.07. The average molecular weight is 242 g/mol. The largest absolute Gasteiger partial charge is 0.383 e. The molecule has 16 heavy (non-hydrogen) atoms. The highest BCUT2D eigenvalue weighted by atomic mass is 35.5. The van der Waals surface area contributed by atoms with Crippen molar-refractivity contribution in [2.24, 2.45) is 0 Å². The fourth-order valence-corrected chi connectivity index (χ4v) is 1.35. The first kappa shape index (κ1) is 12.4. The lowest BCUT2D eigenvalue weighted by atomic mass is 10.2. The maximum atomic E-state index is 10.4. The zero-order valence-corrected chi connectivity index (χ0v) is 9.57. The molecule has 86 valence electrons. The van der Waals surface area contributed by atoms with Gasteiger partial charge in [-0.1, -0.05) is 17.7 Å². The average Bonchev–Trinajstić information content (AvgIpc) is 2.21. The Morgan fingerprint density at radius 2 is 2.44 bits per heavy atom. The van der Waals surface area contributed by atoms with Gasteiger partial charge in [-0.3, -0.25) is 10.1 Å². The molecule has 1 aromatic heterocycles. The smallest absolute Gasteiger partial charge is 0.253 e. The van der Waals surface area contributed by atoms with Gasteiger partial charge in [0.15, 0.2) is 0 Å². The number of rotatable bonds is 5. The van der Waals surface area contributed by atoms with Gasteiger partial charge in [-0.05, 0) is 18.6 Å². The van der Waals surface area contributed by atoms with E-state index in [4.69, 9.17) is 11.6 Å². The van der Waals surface area contributed by atoms with Crippen molar-refractivity contribution in [3.05, 3.63) is 51.1 Å². The molecule has 0 saturated carbocycles. The summed E-state index contributed by atoms with van der Waals surface area (Å²) < 4.78 is 0. The number of nitrogens with one attached hydrogen (secondary N) is 1. The fourth-order valence-electron chi connectivity index (χ4n) is 1.24. The molecular weight excluding hydrogens is 230 g/mol. The first-order valence-corrected chi connectivity index (χ1v) is 5.18. The number of likely N-dealkylation sites (N-methyl/N-ethyl adjacent to an activating group) is 1. The molecule has 6 heteroatoms. The summed E-state index contributed by atoms with van der Waals surface area (Å²) >= 11 is 5.64. The van der Waals surface area contributed by atoms with Crippen molar-refractivity contribution >= 4 is 11.6 Å². The van der Waals surface area contributed by atoms with Crippen molar-refractivity contribution in [1.29, 1.82) is 0 Å². The van der Waals surface area contributed by atoms with Gasteiger partial charge in [0.2, 0.25) is 0 Å². The van der Waals surface area contributed by atoms with Crippen molar-refractivity contribution in [2.45, 2.75) is 13.3 Å². The van der Waals surface area contributed by atoms with E-state index in [1.54, 1.807) is 18.3 Å². The Morgan fingerprint density at radius 1 is 1.69 bits per heavy atom. The van der Waals surface area contributed by atoms with E-state index in [0.717, 1.165) is 11.8 Å². The van der Waals surface area contributed by atoms with Crippen LogP contribution in [0.25, 0.3) is 0 Å². The summed E-state index contributed by atoms with van der Waals surface area (Å²) in [6.07, 6.45) is 3.02. The summed E-state index contributed by atoms with van der Waals surface area (Å²) in [5.74, 6) is 0. The van der Waals surface area contributed by atoms with Gasteiger partial charge in [0.25, 0.3) is 6.20 Å². The number of aromatic nitrogens is 1. The second-order valence-electron chi connectivity index (χ2n) is 3.14. The molecule has 1 heterocycles. The lowest BCUT2D eigenvalue weighted by Crippen LogP contribution is -2.15. The Labute approximate surface area is 98.3 Å². The van der Waals surface area contributed by atoms with Crippen LogP contribution in [0.1, 0.15) is 12.5 Å². The van der Waals surface area contributed by atoms with Gasteiger partial charge >= 0.3 is 0 Å². The zero-order chi connectivity index (χ0) is 12.0. The van der Waals surface area contributed by atoms with Crippen LogP contribution in [0.3, 0.4) is 0 Å². The highest BCUT2D eigenvalue weighted by Crippen LogP contribution is 2.08. The molecular formula is C10H12ClN3O2. The second-order valence-corrected chi connectivity index (χ2v) is 3.52. The molecule has 0 spiro atoms. The normalized spacial score (nSPS) is 11.2. The first-order valence-electron chi connectivity index (χ1n) is 4.80. The van der Waals surface area contributed by atoms with E-state index in [1.807, 2.05) is 6.92 Å². The van der Waals surface area contributed by atoms with Crippen LogP contribution in [0.15, 0.2) is 30.2 Å². The highest BCUT2D eigenvalue weighted by Gasteiger charge is 2.04. The van der Waals surface area contributed by atoms with Gasteiger partial charge in [0.05, 0.1) is 10.6 Å². The van der Waals surface area contributed by atoms with E-state index in [-0.39, 0.29) is 0 Å². The number of hydrogen-bond acceptors (Lipinski definition) is 4. The minimum Gasteiger partial charge on any atom is -0.383 e. The Balaban J connectivity index is 2.75. The van der Waals surface area contributed by atoms with E-state index in [0.29, 0.717) is 23.8 Å². The second kappa shape index (κ2) is 6.07. The third kappa shape index (κ3) is 4.27. The van der Waals surface area contributed by atoms with Crippen molar-refractivity contribution in [3.8, 4) is 0 Å². The summed E-state index contributed by atoms with van der Waals surface area (Å²) in [4.78, 5) is 13.8. The zero-order valence-electron chi connectivity index (χ0n) is 8.81. The van der Waals surface area contributed by atoms with Crippen LogP contribution in [-0.2, 0) is 6.42 Å². The standard InChI is InChI=1S/C10H12ClN3O2/c1-2-12-9(7-14(15)16)5-8-3-4-10(11)13-6-8/h3-4,6-7,12H,2,5H2,1H3/b9-7-. The van der Waals surface area contributed by atoms with Gasteiger partial charge in [-0.2, -0.15) is 0 Å². The van der Waals surface area contributed by atoms with E-state index < -0.39 is 4.92 Å². The Hall–Kier alpha value is -1.62. The lowest BCUT2D eigenvalue weighted by molar-refractivity contribution is -0.403. The van der Waals surface area contributed by atoms with E-state index >= 15 is 0 Å².